The lowest BCUT2D eigenvalue weighted by atomic mass is 10.2. The highest BCUT2D eigenvalue weighted by atomic mass is 79.9. The molecule has 1 aromatic heterocycles. The molecule has 0 N–H and O–H groups in total. The van der Waals surface area contributed by atoms with Crippen molar-refractivity contribution < 1.29 is 0 Å². The Morgan fingerprint density at radius 1 is 1.55 bits per heavy atom. The van der Waals surface area contributed by atoms with E-state index in [1.54, 1.807) is 0 Å². The van der Waals surface area contributed by atoms with E-state index < -0.39 is 0 Å². The minimum Gasteiger partial charge on any atom is -0.260 e. The van der Waals surface area contributed by atoms with E-state index in [4.69, 9.17) is 0 Å². The van der Waals surface area contributed by atoms with Crippen LogP contribution in [0.3, 0.4) is 0 Å². The Bertz CT molecular complexity index is 275. The zero-order chi connectivity index (χ0) is 7.68. The number of fused-ring (bicyclic) bond motifs is 1. The van der Waals surface area contributed by atoms with Gasteiger partial charge < -0.3 is 0 Å². The smallest absolute Gasteiger partial charge is 0.0453 e. The first-order valence-electron chi connectivity index (χ1n) is 3.57. The van der Waals surface area contributed by atoms with E-state index in [1.807, 2.05) is 18.0 Å². The molecule has 1 aliphatic rings. The monoisotopic (exact) mass is 229 g/mol. The summed E-state index contributed by atoms with van der Waals surface area (Å²) in [5.74, 6) is 2.35. The van der Waals surface area contributed by atoms with Crippen LogP contribution in [0.15, 0.2) is 16.7 Å². The van der Waals surface area contributed by atoms with Gasteiger partial charge in [0.15, 0.2) is 0 Å². The lowest BCUT2D eigenvalue weighted by Gasteiger charge is -2.13. The van der Waals surface area contributed by atoms with Gasteiger partial charge in [-0.25, -0.2) is 0 Å². The average Bonchev–Trinajstić information content (AvgIpc) is 2.04. The van der Waals surface area contributed by atoms with E-state index in [0.717, 1.165) is 16.6 Å². The lowest BCUT2D eigenvalue weighted by Crippen LogP contribution is -2.04. The normalized spacial score (nSPS) is 16.1. The maximum atomic E-state index is 4.36. The number of aromatic nitrogens is 1. The fraction of sp³-hybridized carbons (Fsp3) is 0.375. The topological polar surface area (TPSA) is 12.9 Å². The number of halogens is 1. The van der Waals surface area contributed by atoms with Crippen molar-refractivity contribution in [2.75, 3.05) is 5.75 Å². The summed E-state index contributed by atoms with van der Waals surface area (Å²) in [7, 11) is 0. The van der Waals surface area contributed by atoms with Gasteiger partial charge in [0.2, 0.25) is 0 Å². The van der Waals surface area contributed by atoms with Crippen molar-refractivity contribution in [2.45, 2.75) is 12.2 Å². The second-order valence-electron chi connectivity index (χ2n) is 2.56. The van der Waals surface area contributed by atoms with E-state index in [2.05, 4.69) is 27.0 Å². The molecule has 0 spiro atoms. The Hall–Kier alpha value is -0.0200. The van der Waals surface area contributed by atoms with E-state index >= 15 is 0 Å². The second-order valence-corrected chi connectivity index (χ2v) is 4.58. The van der Waals surface area contributed by atoms with Crippen LogP contribution in [0.25, 0.3) is 0 Å². The molecule has 0 unspecified atom stereocenters. The van der Waals surface area contributed by atoms with E-state index in [0.29, 0.717) is 0 Å². The van der Waals surface area contributed by atoms with Crippen LogP contribution >= 0.6 is 27.7 Å². The third-order valence-electron chi connectivity index (χ3n) is 1.77. The van der Waals surface area contributed by atoms with Crippen LogP contribution < -0.4 is 0 Å². The molecule has 0 atom stereocenters. The van der Waals surface area contributed by atoms with Crippen molar-refractivity contribution in [3.8, 4) is 0 Å². The molecule has 0 amide bonds. The van der Waals surface area contributed by atoms with Gasteiger partial charge >= 0.3 is 0 Å². The zero-order valence-electron chi connectivity index (χ0n) is 6.01. The molecule has 0 saturated carbocycles. The molecule has 0 saturated heterocycles. The largest absolute Gasteiger partial charge is 0.260 e. The SMILES string of the molecule is Brc1cnc2c(c1)CSCC2. The van der Waals surface area contributed by atoms with Gasteiger partial charge in [-0.3, -0.25) is 4.98 Å². The number of hydrogen-bond acceptors (Lipinski definition) is 2. The number of rotatable bonds is 0. The third-order valence-corrected chi connectivity index (χ3v) is 3.21. The summed E-state index contributed by atoms with van der Waals surface area (Å²) >= 11 is 5.40. The minimum absolute atomic E-state index is 1.10. The van der Waals surface area contributed by atoms with E-state index in [9.17, 15) is 0 Å². The maximum absolute atomic E-state index is 4.36. The molecule has 1 aromatic rings. The van der Waals surface area contributed by atoms with Crippen LogP contribution in [-0.2, 0) is 12.2 Å². The van der Waals surface area contributed by atoms with Crippen LogP contribution in [0.1, 0.15) is 11.3 Å². The van der Waals surface area contributed by atoms with Gasteiger partial charge in [0.25, 0.3) is 0 Å². The van der Waals surface area contributed by atoms with Crippen molar-refractivity contribution in [3.05, 3.63) is 28.0 Å². The van der Waals surface area contributed by atoms with Crippen LogP contribution in [0.2, 0.25) is 0 Å². The molecular formula is C8H8BrNS. The Balaban J connectivity index is 2.43. The van der Waals surface area contributed by atoms with Gasteiger partial charge in [0.1, 0.15) is 0 Å². The van der Waals surface area contributed by atoms with Gasteiger partial charge in [-0.15, -0.1) is 0 Å². The molecular weight excluding hydrogens is 222 g/mol. The van der Waals surface area contributed by atoms with Gasteiger partial charge in [0, 0.05) is 22.1 Å². The molecule has 2 rings (SSSR count). The molecule has 58 valence electrons. The molecule has 1 nitrogen and oxygen atoms in total. The summed E-state index contributed by atoms with van der Waals surface area (Å²) in [5, 5.41) is 0. The first-order chi connectivity index (χ1) is 5.36. The van der Waals surface area contributed by atoms with Crippen molar-refractivity contribution in [1.29, 1.82) is 0 Å². The van der Waals surface area contributed by atoms with Crippen molar-refractivity contribution in [1.82, 2.24) is 4.98 Å². The van der Waals surface area contributed by atoms with Crippen LogP contribution in [0.4, 0.5) is 0 Å². The van der Waals surface area contributed by atoms with Crippen LogP contribution in [-0.4, -0.2) is 10.7 Å². The highest BCUT2D eigenvalue weighted by Crippen LogP contribution is 2.24. The Labute approximate surface area is 78.7 Å². The summed E-state index contributed by atoms with van der Waals surface area (Å²) in [4.78, 5) is 4.36. The van der Waals surface area contributed by atoms with E-state index in [1.165, 1.54) is 17.0 Å². The number of thioether (sulfide) groups is 1. The highest BCUT2D eigenvalue weighted by Gasteiger charge is 2.09. The van der Waals surface area contributed by atoms with Gasteiger partial charge in [0.05, 0.1) is 0 Å². The molecule has 1 aliphatic heterocycles. The average molecular weight is 230 g/mol. The molecule has 0 bridgehead atoms. The predicted octanol–water partition coefficient (Wildman–Crippen LogP) is 2.63. The zero-order valence-corrected chi connectivity index (χ0v) is 8.41. The molecule has 0 radical (unpaired) electrons. The van der Waals surface area contributed by atoms with Crippen LogP contribution in [0.5, 0.6) is 0 Å². The van der Waals surface area contributed by atoms with Gasteiger partial charge in [-0.05, 0) is 39.7 Å². The Morgan fingerprint density at radius 3 is 3.36 bits per heavy atom. The standard InChI is InChI=1S/C8H8BrNS/c9-7-3-6-5-11-2-1-8(6)10-4-7/h3-4H,1-2,5H2. The van der Waals surface area contributed by atoms with Crippen LogP contribution in [0, 0.1) is 0 Å². The molecule has 0 fully saturated rings. The van der Waals surface area contributed by atoms with Crippen molar-refractivity contribution in [3.63, 3.8) is 0 Å². The van der Waals surface area contributed by atoms with Gasteiger partial charge in [-0.1, -0.05) is 0 Å². The first-order valence-corrected chi connectivity index (χ1v) is 5.52. The molecule has 0 aromatic carbocycles. The molecule has 0 aliphatic carbocycles. The van der Waals surface area contributed by atoms with Crippen molar-refractivity contribution in [2.24, 2.45) is 0 Å². The first kappa shape index (κ1) is 7.62. The predicted molar refractivity (Wildman–Crippen MR) is 51.8 cm³/mol. The summed E-state index contributed by atoms with van der Waals surface area (Å²) in [6.07, 6.45) is 3.02. The fourth-order valence-corrected chi connectivity index (χ4v) is 2.54. The quantitative estimate of drug-likeness (QED) is 0.679. The second kappa shape index (κ2) is 3.15. The molecule has 11 heavy (non-hydrogen) atoms. The maximum Gasteiger partial charge on any atom is 0.0453 e. The minimum atomic E-state index is 1.10. The highest BCUT2D eigenvalue weighted by molar-refractivity contribution is 9.10. The Morgan fingerprint density at radius 2 is 2.45 bits per heavy atom. The van der Waals surface area contributed by atoms with E-state index in [-0.39, 0.29) is 0 Å². The summed E-state index contributed by atoms with van der Waals surface area (Å²) in [6, 6.07) is 2.18. The number of nitrogens with zero attached hydrogens (tertiary/aromatic N) is 1. The number of aryl methyl sites for hydroxylation is 1. The number of pyridine rings is 1. The summed E-state index contributed by atoms with van der Waals surface area (Å²) < 4.78 is 1.10. The fourth-order valence-electron chi connectivity index (χ4n) is 1.21. The lowest BCUT2D eigenvalue weighted by molar-refractivity contribution is 0.987. The third kappa shape index (κ3) is 1.59. The van der Waals surface area contributed by atoms with Crippen molar-refractivity contribution >= 4 is 27.7 Å². The summed E-state index contributed by atoms with van der Waals surface area (Å²) in [6.45, 7) is 0. The molecule has 3 heteroatoms. The summed E-state index contributed by atoms with van der Waals surface area (Å²) in [5.41, 5.74) is 2.68. The van der Waals surface area contributed by atoms with Gasteiger partial charge in [-0.2, -0.15) is 11.8 Å². The number of hydrogen-bond donors (Lipinski definition) is 0. The Kier molecular flexibility index (Phi) is 2.18. The molecule has 2 heterocycles.